The molecule has 0 amide bonds. The van der Waals surface area contributed by atoms with Crippen LogP contribution in [0.1, 0.15) is 80.1 Å². The molecule has 1 aromatic carbocycles. The number of carbonyl (C=O) groups excluding carboxylic acids is 1. The molecule has 0 unspecified atom stereocenters. The van der Waals surface area contributed by atoms with E-state index in [-0.39, 0.29) is 0 Å². The summed E-state index contributed by atoms with van der Waals surface area (Å²) in [6.45, 7) is 2.58. The number of rotatable bonds is 8. The largest absolute Gasteiger partial charge is 0.401 e. The van der Waals surface area contributed by atoms with Gasteiger partial charge in [-0.25, -0.2) is 0 Å². The van der Waals surface area contributed by atoms with E-state index in [1.807, 2.05) is 19.1 Å². The number of carbonyl (C=O) groups is 1. The summed E-state index contributed by atoms with van der Waals surface area (Å²) >= 11 is 0. The molecule has 0 radical (unpaired) electrons. The van der Waals surface area contributed by atoms with Gasteiger partial charge in [0.25, 0.3) is 5.52 Å². The Kier molecular flexibility index (Phi) is 7.69. The Bertz CT molecular complexity index is 634. The third-order valence-corrected chi connectivity index (χ3v) is 7.75. The molecule has 2 aliphatic carbocycles. The first-order valence-corrected chi connectivity index (χ1v) is 12.1. The van der Waals surface area contributed by atoms with E-state index in [4.69, 9.17) is 9.05 Å². The van der Waals surface area contributed by atoms with Crippen molar-refractivity contribution in [2.24, 2.45) is 11.8 Å². The Hall–Kier alpha value is -0.960. The third kappa shape index (κ3) is 5.76. The molecule has 3 rings (SSSR count). The van der Waals surface area contributed by atoms with Crippen molar-refractivity contribution in [3.8, 4) is 0 Å². The number of aryl methyl sites for hydroxylation is 1. The molecule has 0 heterocycles. The van der Waals surface area contributed by atoms with Crippen molar-refractivity contribution in [3.05, 3.63) is 35.4 Å². The van der Waals surface area contributed by atoms with E-state index in [0.29, 0.717) is 30.6 Å². The average molecular weight is 392 g/mol. The van der Waals surface area contributed by atoms with E-state index in [1.54, 1.807) is 12.1 Å². The molecule has 2 aliphatic rings. The molecular formula is C22H33O4P. The molecule has 0 bridgehead atoms. The van der Waals surface area contributed by atoms with E-state index in [0.717, 1.165) is 31.2 Å². The molecule has 5 heteroatoms. The van der Waals surface area contributed by atoms with Gasteiger partial charge < -0.3 is 9.05 Å². The summed E-state index contributed by atoms with van der Waals surface area (Å²) in [5.74, 6) is 0.769. The highest BCUT2D eigenvalue weighted by Crippen LogP contribution is 2.53. The number of hydrogen-bond acceptors (Lipinski definition) is 4. The second-order valence-electron chi connectivity index (χ2n) is 8.22. The van der Waals surface area contributed by atoms with Crippen LogP contribution in [0, 0.1) is 18.8 Å². The fourth-order valence-electron chi connectivity index (χ4n) is 4.23. The number of hydrogen-bond donors (Lipinski definition) is 0. The first kappa shape index (κ1) is 20.8. The molecule has 0 aliphatic heterocycles. The van der Waals surface area contributed by atoms with E-state index in [2.05, 4.69) is 0 Å². The Morgan fingerprint density at radius 2 is 1.37 bits per heavy atom. The molecule has 150 valence electrons. The monoisotopic (exact) mass is 392 g/mol. The second-order valence-corrected chi connectivity index (χ2v) is 10.1. The van der Waals surface area contributed by atoms with Gasteiger partial charge in [-0.1, -0.05) is 62.8 Å². The van der Waals surface area contributed by atoms with Crippen molar-refractivity contribution < 1.29 is 18.4 Å². The number of benzene rings is 1. The molecule has 0 spiro atoms. The van der Waals surface area contributed by atoms with Gasteiger partial charge in [-0.15, -0.1) is 0 Å². The van der Waals surface area contributed by atoms with E-state index in [1.165, 1.54) is 38.5 Å². The highest BCUT2D eigenvalue weighted by Gasteiger charge is 2.38. The van der Waals surface area contributed by atoms with Gasteiger partial charge in [0.1, 0.15) is 0 Å². The molecule has 2 fully saturated rings. The summed E-state index contributed by atoms with van der Waals surface area (Å²) in [7, 11) is -3.83. The van der Waals surface area contributed by atoms with Gasteiger partial charge in [0.05, 0.1) is 13.2 Å². The van der Waals surface area contributed by atoms with Gasteiger partial charge in [-0.05, 0) is 50.0 Å². The van der Waals surface area contributed by atoms with E-state index < -0.39 is 13.1 Å². The van der Waals surface area contributed by atoms with Crippen molar-refractivity contribution >= 4 is 13.1 Å². The minimum absolute atomic E-state index is 0.361. The Balaban J connectivity index is 1.70. The average Bonchev–Trinajstić information content (AvgIpc) is 2.72. The smallest absolute Gasteiger partial charge is 0.303 e. The second kappa shape index (κ2) is 10.0. The fraction of sp³-hybridized carbons (Fsp3) is 0.682. The molecule has 0 atom stereocenters. The highest BCUT2D eigenvalue weighted by atomic mass is 31.2. The van der Waals surface area contributed by atoms with Crippen LogP contribution >= 0.6 is 7.60 Å². The van der Waals surface area contributed by atoms with E-state index in [9.17, 15) is 9.36 Å². The van der Waals surface area contributed by atoms with Crippen LogP contribution in [0.3, 0.4) is 0 Å². The van der Waals surface area contributed by atoms with Crippen LogP contribution in [-0.4, -0.2) is 18.7 Å². The zero-order valence-corrected chi connectivity index (χ0v) is 17.4. The van der Waals surface area contributed by atoms with Crippen LogP contribution in [0.5, 0.6) is 0 Å². The Morgan fingerprint density at radius 1 is 0.889 bits per heavy atom. The summed E-state index contributed by atoms with van der Waals surface area (Å²) in [6, 6.07) is 7.26. The predicted octanol–water partition coefficient (Wildman–Crippen LogP) is 6.52. The predicted molar refractivity (Wildman–Crippen MR) is 108 cm³/mol. The van der Waals surface area contributed by atoms with Crippen molar-refractivity contribution in [3.63, 3.8) is 0 Å². The zero-order valence-electron chi connectivity index (χ0n) is 16.5. The summed E-state index contributed by atoms with van der Waals surface area (Å²) in [5.41, 5.74) is 0.783. The van der Waals surface area contributed by atoms with Gasteiger partial charge in [0, 0.05) is 5.56 Å². The summed E-state index contributed by atoms with van der Waals surface area (Å²) in [5, 5.41) is 0. The first-order chi connectivity index (χ1) is 13.1. The molecule has 2 saturated carbocycles. The van der Waals surface area contributed by atoms with Crippen LogP contribution in [0.25, 0.3) is 0 Å². The van der Waals surface area contributed by atoms with Gasteiger partial charge in [-0.3, -0.25) is 9.36 Å². The topological polar surface area (TPSA) is 52.6 Å². The Labute approximate surface area is 163 Å². The van der Waals surface area contributed by atoms with Crippen molar-refractivity contribution in [2.45, 2.75) is 71.1 Å². The third-order valence-electron chi connectivity index (χ3n) is 6.03. The lowest BCUT2D eigenvalue weighted by Crippen LogP contribution is -2.19. The van der Waals surface area contributed by atoms with Gasteiger partial charge >= 0.3 is 7.60 Å². The summed E-state index contributed by atoms with van der Waals surface area (Å²) in [6.07, 6.45) is 11.6. The van der Waals surface area contributed by atoms with Gasteiger partial charge in [0.15, 0.2) is 0 Å². The minimum Gasteiger partial charge on any atom is -0.303 e. The molecule has 4 nitrogen and oxygen atoms in total. The normalized spacial score (nSPS) is 19.9. The van der Waals surface area contributed by atoms with Gasteiger partial charge in [0.2, 0.25) is 0 Å². The highest BCUT2D eigenvalue weighted by molar-refractivity contribution is 7.72. The molecule has 1 aromatic rings. The SMILES string of the molecule is Cc1ccccc1C(=O)P(=O)(OCC1CCCCC1)OCC1CCCCC1. The molecule has 0 saturated heterocycles. The van der Waals surface area contributed by atoms with Crippen LogP contribution in [0.4, 0.5) is 0 Å². The van der Waals surface area contributed by atoms with E-state index >= 15 is 0 Å². The van der Waals surface area contributed by atoms with Crippen molar-refractivity contribution in [1.82, 2.24) is 0 Å². The lowest BCUT2D eigenvalue weighted by Gasteiger charge is -2.26. The van der Waals surface area contributed by atoms with Crippen molar-refractivity contribution in [1.29, 1.82) is 0 Å². The van der Waals surface area contributed by atoms with Crippen molar-refractivity contribution in [2.75, 3.05) is 13.2 Å². The quantitative estimate of drug-likeness (QED) is 0.472. The van der Waals surface area contributed by atoms with Crippen LogP contribution in [0.15, 0.2) is 24.3 Å². The summed E-state index contributed by atoms with van der Waals surface area (Å²) in [4.78, 5) is 13.1. The molecule has 27 heavy (non-hydrogen) atoms. The van der Waals surface area contributed by atoms with Crippen LogP contribution in [0.2, 0.25) is 0 Å². The fourth-order valence-corrected chi connectivity index (χ4v) is 5.90. The first-order valence-electron chi connectivity index (χ1n) is 10.6. The summed E-state index contributed by atoms with van der Waals surface area (Å²) < 4.78 is 25.2. The molecule has 0 aromatic heterocycles. The molecular weight excluding hydrogens is 359 g/mol. The zero-order chi connectivity index (χ0) is 19.1. The maximum absolute atomic E-state index is 13.6. The standard InChI is InChI=1S/C22H33O4P/c1-18-10-8-9-15-21(18)22(23)27(24,25-16-19-11-4-2-5-12-19)26-17-20-13-6-3-7-14-20/h8-10,15,19-20H,2-7,11-14,16-17H2,1H3. The van der Waals surface area contributed by atoms with Gasteiger partial charge in [-0.2, -0.15) is 0 Å². The molecule has 0 N–H and O–H groups in total. The minimum atomic E-state index is -3.83. The van der Waals surface area contributed by atoms with Crippen LogP contribution in [-0.2, 0) is 13.6 Å². The lowest BCUT2D eigenvalue weighted by molar-refractivity contribution is 0.0935. The van der Waals surface area contributed by atoms with Crippen LogP contribution < -0.4 is 0 Å². The maximum Gasteiger partial charge on any atom is 0.401 e. The lowest BCUT2D eigenvalue weighted by atomic mass is 9.90. The maximum atomic E-state index is 13.6. The Morgan fingerprint density at radius 3 is 1.85 bits per heavy atom.